The highest BCUT2D eigenvalue weighted by molar-refractivity contribution is 5.12. The van der Waals surface area contributed by atoms with Crippen molar-refractivity contribution in [2.45, 2.75) is 57.1 Å². The Balaban J connectivity index is 1.66. The zero-order valence-electron chi connectivity index (χ0n) is 12.5. The van der Waals surface area contributed by atoms with Crippen molar-refractivity contribution in [1.29, 1.82) is 0 Å². The zero-order valence-corrected chi connectivity index (χ0v) is 12.5. The number of rotatable bonds is 5. The number of pyridine rings is 1. The second-order valence-electron chi connectivity index (χ2n) is 6.36. The van der Waals surface area contributed by atoms with Gasteiger partial charge in [0.25, 0.3) is 0 Å². The molecule has 2 heterocycles. The summed E-state index contributed by atoms with van der Waals surface area (Å²) < 4.78 is 6.07. The molecule has 2 fully saturated rings. The third-order valence-electron chi connectivity index (χ3n) is 5.04. The molecule has 3 rings (SSSR count). The fourth-order valence-corrected chi connectivity index (χ4v) is 3.77. The first-order valence-electron chi connectivity index (χ1n) is 8.07. The first-order chi connectivity index (χ1) is 9.81. The van der Waals surface area contributed by atoms with Gasteiger partial charge in [-0.2, -0.15) is 0 Å². The molecule has 1 aliphatic carbocycles. The van der Waals surface area contributed by atoms with Gasteiger partial charge in [-0.15, -0.1) is 0 Å². The lowest BCUT2D eigenvalue weighted by Gasteiger charge is -2.49. The van der Waals surface area contributed by atoms with Gasteiger partial charge in [0.05, 0.1) is 5.60 Å². The van der Waals surface area contributed by atoms with Crippen molar-refractivity contribution in [3.63, 3.8) is 0 Å². The molecule has 2 unspecified atom stereocenters. The van der Waals surface area contributed by atoms with E-state index in [1.165, 1.54) is 37.7 Å². The average Bonchev–Trinajstić information content (AvgIpc) is 2.46. The van der Waals surface area contributed by atoms with Crippen molar-refractivity contribution >= 4 is 0 Å². The molecule has 1 saturated carbocycles. The molecule has 2 atom stereocenters. The standard InChI is InChI=1S/C17H26N2O/c1-2-19-16(12-14-4-9-18-10-5-14)15-6-11-20-17(13-15)7-3-8-17/h4-5,9-10,15-16,19H,2-3,6-8,11-13H2,1H3. The van der Waals surface area contributed by atoms with E-state index >= 15 is 0 Å². The van der Waals surface area contributed by atoms with Crippen LogP contribution in [0.5, 0.6) is 0 Å². The summed E-state index contributed by atoms with van der Waals surface area (Å²) in [5, 5.41) is 3.71. The second-order valence-corrected chi connectivity index (χ2v) is 6.36. The van der Waals surface area contributed by atoms with Gasteiger partial charge in [0.15, 0.2) is 0 Å². The van der Waals surface area contributed by atoms with Crippen molar-refractivity contribution in [2.75, 3.05) is 13.2 Å². The molecule has 1 aliphatic heterocycles. The van der Waals surface area contributed by atoms with Crippen molar-refractivity contribution in [3.05, 3.63) is 30.1 Å². The largest absolute Gasteiger partial charge is 0.375 e. The van der Waals surface area contributed by atoms with Crippen molar-refractivity contribution in [1.82, 2.24) is 10.3 Å². The van der Waals surface area contributed by atoms with Gasteiger partial charge in [-0.05, 0) is 68.7 Å². The maximum atomic E-state index is 6.07. The first kappa shape index (κ1) is 14.0. The molecule has 2 aliphatic rings. The Hall–Kier alpha value is -0.930. The molecule has 3 heteroatoms. The Labute approximate surface area is 122 Å². The summed E-state index contributed by atoms with van der Waals surface area (Å²) >= 11 is 0. The Kier molecular flexibility index (Phi) is 4.37. The van der Waals surface area contributed by atoms with E-state index in [9.17, 15) is 0 Å². The molecular weight excluding hydrogens is 248 g/mol. The maximum Gasteiger partial charge on any atom is 0.0685 e. The summed E-state index contributed by atoms with van der Waals surface area (Å²) in [6.45, 7) is 4.20. The number of aromatic nitrogens is 1. The van der Waals surface area contributed by atoms with E-state index < -0.39 is 0 Å². The van der Waals surface area contributed by atoms with Crippen LogP contribution in [0.3, 0.4) is 0 Å². The molecule has 0 bridgehead atoms. The SMILES string of the molecule is CCNC(Cc1ccncc1)C1CCOC2(CCC2)C1. The van der Waals surface area contributed by atoms with E-state index in [-0.39, 0.29) is 5.60 Å². The fourth-order valence-electron chi connectivity index (χ4n) is 3.77. The summed E-state index contributed by atoms with van der Waals surface area (Å²) in [7, 11) is 0. The zero-order chi connectivity index (χ0) is 13.8. The number of nitrogens with one attached hydrogen (secondary N) is 1. The predicted octanol–water partition coefficient (Wildman–Crippen LogP) is 2.95. The Morgan fingerprint density at radius 2 is 2.20 bits per heavy atom. The number of hydrogen-bond donors (Lipinski definition) is 1. The van der Waals surface area contributed by atoms with Crippen LogP contribution in [-0.2, 0) is 11.2 Å². The van der Waals surface area contributed by atoms with Crippen molar-refractivity contribution in [3.8, 4) is 0 Å². The van der Waals surface area contributed by atoms with Gasteiger partial charge in [-0.25, -0.2) is 0 Å². The predicted molar refractivity (Wildman–Crippen MR) is 80.7 cm³/mol. The summed E-state index contributed by atoms with van der Waals surface area (Å²) in [5.74, 6) is 0.747. The van der Waals surface area contributed by atoms with Crippen LogP contribution in [0.15, 0.2) is 24.5 Å². The second kappa shape index (κ2) is 6.23. The summed E-state index contributed by atoms with van der Waals surface area (Å²) in [6.07, 6.45) is 11.3. The highest BCUT2D eigenvalue weighted by atomic mass is 16.5. The molecule has 110 valence electrons. The summed E-state index contributed by atoms with van der Waals surface area (Å²) in [5.41, 5.74) is 1.63. The van der Waals surface area contributed by atoms with Gasteiger partial charge in [-0.3, -0.25) is 4.98 Å². The third-order valence-corrected chi connectivity index (χ3v) is 5.04. The van der Waals surface area contributed by atoms with E-state index in [0.29, 0.717) is 6.04 Å². The van der Waals surface area contributed by atoms with E-state index in [2.05, 4.69) is 29.4 Å². The highest BCUT2D eigenvalue weighted by Gasteiger charge is 2.44. The average molecular weight is 274 g/mol. The van der Waals surface area contributed by atoms with Gasteiger partial charge < -0.3 is 10.1 Å². The number of ether oxygens (including phenoxy) is 1. The normalized spacial score (nSPS) is 26.1. The molecule has 1 spiro atoms. The molecule has 3 nitrogen and oxygen atoms in total. The molecule has 1 saturated heterocycles. The molecule has 1 aromatic rings. The van der Waals surface area contributed by atoms with Crippen LogP contribution in [-0.4, -0.2) is 29.8 Å². The lowest BCUT2D eigenvalue weighted by Crippen LogP contribution is -2.50. The molecular formula is C17H26N2O. The van der Waals surface area contributed by atoms with Crippen LogP contribution in [0.2, 0.25) is 0 Å². The van der Waals surface area contributed by atoms with Gasteiger partial charge in [0.1, 0.15) is 0 Å². The van der Waals surface area contributed by atoms with Gasteiger partial charge in [0, 0.05) is 25.0 Å². The van der Waals surface area contributed by atoms with Crippen LogP contribution >= 0.6 is 0 Å². The van der Waals surface area contributed by atoms with Gasteiger partial charge >= 0.3 is 0 Å². The minimum Gasteiger partial charge on any atom is -0.375 e. The molecule has 0 amide bonds. The Bertz CT molecular complexity index is 416. The fraction of sp³-hybridized carbons (Fsp3) is 0.706. The van der Waals surface area contributed by atoms with Gasteiger partial charge in [0.2, 0.25) is 0 Å². The van der Waals surface area contributed by atoms with E-state index in [1.54, 1.807) is 0 Å². The summed E-state index contributed by atoms with van der Waals surface area (Å²) in [4.78, 5) is 4.12. The molecule has 0 radical (unpaired) electrons. The minimum atomic E-state index is 0.245. The smallest absolute Gasteiger partial charge is 0.0685 e. The monoisotopic (exact) mass is 274 g/mol. The molecule has 0 aromatic carbocycles. The van der Waals surface area contributed by atoms with E-state index in [1.807, 2.05) is 12.4 Å². The maximum absolute atomic E-state index is 6.07. The lowest BCUT2D eigenvalue weighted by atomic mass is 9.70. The van der Waals surface area contributed by atoms with Crippen molar-refractivity contribution in [2.24, 2.45) is 5.92 Å². The Morgan fingerprint density at radius 1 is 1.40 bits per heavy atom. The van der Waals surface area contributed by atoms with Gasteiger partial charge in [-0.1, -0.05) is 6.92 Å². The summed E-state index contributed by atoms with van der Waals surface area (Å²) in [6, 6.07) is 4.86. The van der Waals surface area contributed by atoms with Crippen LogP contribution < -0.4 is 5.32 Å². The number of likely N-dealkylation sites (N-methyl/N-ethyl adjacent to an activating group) is 1. The molecule has 20 heavy (non-hydrogen) atoms. The highest BCUT2D eigenvalue weighted by Crippen LogP contribution is 2.45. The topological polar surface area (TPSA) is 34.2 Å². The Morgan fingerprint density at radius 3 is 2.85 bits per heavy atom. The van der Waals surface area contributed by atoms with Crippen LogP contribution in [0.25, 0.3) is 0 Å². The van der Waals surface area contributed by atoms with Crippen molar-refractivity contribution < 1.29 is 4.74 Å². The molecule has 1 aromatic heterocycles. The number of hydrogen-bond acceptors (Lipinski definition) is 3. The van der Waals surface area contributed by atoms with Crippen LogP contribution in [0.4, 0.5) is 0 Å². The number of nitrogens with zero attached hydrogens (tertiary/aromatic N) is 1. The minimum absolute atomic E-state index is 0.245. The quantitative estimate of drug-likeness (QED) is 0.896. The van der Waals surface area contributed by atoms with Crippen LogP contribution in [0.1, 0.15) is 44.6 Å². The van der Waals surface area contributed by atoms with E-state index in [0.717, 1.165) is 25.5 Å². The third kappa shape index (κ3) is 3.04. The van der Waals surface area contributed by atoms with Crippen LogP contribution in [0, 0.1) is 5.92 Å². The first-order valence-corrected chi connectivity index (χ1v) is 8.07. The van der Waals surface area contributed by atoms with E-state index in [4.69, 9.17) is 4.74 Å². The molecule has 1 N–H and O–H groups in total. The lowest BCUT2D eigenvalue weighted by molar-refractivity contribution is -0.147.